The normalized spacial score (nSPS) is 13.2. The standard InChI is InChI=1S/C11H13N3O4S2/c1-2-7(10-12-5-6-13-10)14-20(17,18)9-4-3-8(19-9)11(15)16/h3-7,14H,2H2,1H3,(H,12,13)(H,15,16). The number of hydrogen-bond donors (Lipinski definition) is 3. The van der Waals surface area contributed by atoms with Crippen molar-refractivity contribution in [3.05, 3.63) is 35.2 Å². The second-order valence-electron chi connectivity index (χ2n) is 3.98. The van der Waals surface area contributed by atoms with Crippen LogP contribution >= 0.6 is 11.3 Å². The van der Waals surface area contributed by atoms with Crippen molar-refractivity contribution in [2.24, 2.45) is 0 Å². The van der Waals surface area contributed by atoms with Crippen LogP contribution in [-0.2, 0) is 10.0 Å². The molecule has 2 rings (SSSR count). The molecule has 1 unspecified atom stereocenters. The first-order chi connectivity index (χ1) is 9.44. The van der Waals surface area contributed by atoms with Gasteiger partial charge in [0.2, 0.25) is 0 Å². The predicted molar refractivity (Wildman–Crippen MR) is 73.2 cm³/mol. The Morgan fingerprint density at radius 2 is 2.30 bits per heavy atom. The molecule has 0 radical (unpaired) electrons. The minimum Gasteiger partial charge on any atom is -0.477 e. The van der Waals surface area contributed by atoms with E-state index in [4.69, 9.17) is 5.11 Å². The lowest BCUT2D eigenvalue weighted by Crippen LogP contribution is -2.28. The van der Waals surface area contributed by atoms with Gasteiger partial charge in [0, 0.05) is 12.4 Å². The van der Waals surface area contributed by atoms with Crippen molar-refractivity contribution in [1.82, 2.24) is 14.7 Å². The van der Waals surface area contributed by atoms with Gasteiger partial charge in [0.05, 0.1) is 6.04 Å². The van der Waals surface area contributed by atoms with Crippen molar-refractivity contribution >= 4 is 27.3 Å². The third-order valence-electron chi connectivity index (χ3n) is 2.61. The molecule has 1 atom stereocenters. The van der Waals surface area contributed by atoms with Gasteiger partial charge in [0.1, 0.15) is 14.9 Å². The van der Waals surface area contributed by atoms with E-state index in [0.717, 1.165) is 11.3 Å². The van der Waals surface area contributed by atoms with Gasteiger partial charge >= 0.3 is 5.97 Å². The van der Waals surface area contributed by atoms with Crippen LogP contribution in [0.2, 0.25) is 0 Å². The van der Waals surface area contributed by atoms with Crippen LogP contribution < -0.4 is 4.72 Å². The predicted octanol–water partition coefficient (Wildman–Crippen LogP) is 1.60. The number of rotatable bonds is 6. The lowest BCUT2D eigenvalue weighted by atomic mass is 10.2. The Morgan fingerprint density at radius 3 is 2.80 bits per heavy atom. The fourth-order valence-electron chi connectivity index (χ4n) is 1.63. The van der Waals surface area contributed by atoms with E-state index in [0.29, 0.717) is 12.2 Å². The molecule has 9 heteroatoms. The Kier molecular flexibility index (Phi) is 4.21. The highest BCUT2D eigenvalue weighted by Crippen LogP contribution is 2.24. The zero-order valence-corrected chi connectivity index (χ0v) is 12.2. The van der Waals surface area contributed by atoms with Gasteiger partial charge in [0.15, 0.2) is 0 Å². The molecule has 0 saturated heterocycles. The second-order valence-corrected chi connectivity index (χ2v) is 7.00. The van der Waals surface area contributed by atoms with Gasteiger partial charge in [-0.25, -0.2) is 18.2 Å². The summed E-state index contributed by atoms with van der Waals surface area (Å²) in [7, 11) is -3.77. The fourth-order valence-corrected chi connectivity index (χ4v) is 4.07. The number of nitrogens with one attached hydrogen (secondary N) is 2. The summed E-state index contributed by atoms with van der Waals surface area (Å²) in [5.41, 5.74) is 0. The Bertz CT molecular complexity index is 691. The van der Waals surface area contributed by atoms with Crippen LogP contribution in [0.25, 0.3) is 0 Å². The number of thiophene rings is 1. The Hall–Kier alpha value is -1.71. The maximum atomic E-state index is 12.2. The van der Waals surface area contributed by atoms with E-state index >= 15 is 0 Å². The van der Waals surface area contributed by atoms with Gasteiger partial charge in [-0.3, -0.25) is 0 Å². The summed E-state index contributed by atoms with van der Waals surface area (Å²) in [4.78, 5) is 17.7. The van der Waals surface area contributed by atoms with Crippen molar-refractivity contribution in [3.63, 3.8) is 0 Å². The number of imidazole rings is 1. The zero-order valence-electron chi connectivity index (χ0n) is 10.5. The van der Waals surface area contributed by atoms with Gasteiger partial charge in [0.25, 0.3) is 10.0 Å². The molecule has 0 spiro atoms. The van der Waals surface area contributed by atoms with Crippen LogP contribution in [0.15, 0.2) is 28.7 Å². The van der Waals surface area contributed by atoms with Crippen LogP contribution in [0.1, 0.15) is 34.9 Å². The van der Waals surface area contributed by atoms with E-state index in [-0.39, 0.29) is 9.09 Å². The fraction of sp³-hybridized carbons (Fsp3) is 0.273. The number of aromatic amines is 1. The third-order valence-corrected chi connectivity index (χ3v) is 5.65. The van der Waals surface area contributed by atoms with Crippen LogP contribution in [-0.4, -0.2) is 29.5 Å². The minimum atomic E-state index is -3.77. The van der Waals surface area contributed by atoms with Crippen LogP contribution in [0.4, 0.5) is 0 Å². The molecule has 0 saturated carbocycles. The van der Waals surface area contributed by atoms with Crippen molar-refractivity contribution in [1.29, 1.82) is 0 Å². The quantitative estimate of drug-likeness (QED) is 0.749. The van der Waals surface area contributed by atoms with Crippen LogP contribution in [0.3, 0.4) is 0 Å². The first kappa shape index (κ1) is 14.7. The summed E-state index contributed by atoms with van der Waals surface area (Å²) in [5, 5.41) is 8.82. The Labute approximate surface area is 119 Å². The van der Waals surface area contributed by atoms with E-state index in [1.165, 1.54) is 12.1 Å². The number of sulfonamides is 1. The van der Waals surface area contributed by atoms with E-state index in [1.54, 1.807) is 12.4 Å². The first-order valence-electron chi connectivity index (χ1n) is 5.78. The molecule has 0 aromatic carbocycles. The topological polar surface area (TPSA) is 112 Å². The highest BCUT2D eigenvalue weighted by molar-refractivity contribution is 7.91. The monoisotopic (exact) mass is 315 g/mol. The van der Waals surface area contributed by atoms with Gasteiger partial charge in [-0.15, -0.1) is 11.3 Å². The molecule has 0 aliphatic carbocycles. The molecule has 0 amide bonds. The summed E-state index contributed by atoms with van der Waals surface area (Å²) in [6.45, 7) is 1.83. The largest absolute Gasteiger partial charge is 0.477 e. The maximum absolute atomic E-state index is 12.2. The number of aromatic carboxylic acids is 1. The summed E-state index contributed by atoms with van der Waals surface area (Å²) in [5.74, 6) is -0.624. The molecule has 0 bridgehead atoms. The number of H-pyrrole nitrogens is 1. The molecular formula is C11H13N3O4S2. The van der Waals surface area contributed by atoms with Crippen molar-refractivity contribution in [2.75, 3.05) is 0 Å². The lowest BCUT2D eigenvalue weighted by Gasteiger charge is -2.13. The van der Waals surface area contributed by atoms with E-state index in [9.17, 15) is 13.2 Å². The highest BCUT2D eigenvalue weighted by atomic mass is 32.2. The van der Waals surface area contributed by atoms with E-state index in [2.05, 4.69) is 14.7 Å². The molecule has 2 aromatic heterocycles. The highest BCUT2D eigenvalue weighted by Gasteiger charge is 2.24. The average Bonchev–Trinajstić information content (AvgIpc) is 3.06. The molecule has 20 heavy (non-hydrogen) atoms. The van der Waals surface area contributed by atoms with Gasteiger partial charge in [-0.05, 0) is 18.6 Å². The average molecular weight is 315 g/mol. The second kappa shape index (κ2) is 5.73. The van der Waals surface area contributed by atoms with Gasteiger partial charge in [-0.1, -0.05) is 6.92 Å². The van der Waals surface area contributed by atoms with E-state index < -0.39 is 22.0 Å². The van der Waals surface area contributed by atoms with Gasteiger partial charge in [-0.2, -0.15) is 4.72 Å². The number of nitrogens with zero attached hydrogens (tertiary/aromatic N) is 1. The molecule has 2 heterocycles. The number of carbonyl (C=O) groups is 1. The lowest BCUT2D eigenvalue weighted by molar-refractivity contribution is 0.0702. The Balaban J connectivity index is 2.23. The third kappa shape index (κ3) is 3.06. The molecular weight excluding hydrogens is 302 g/mol. The molecule has 7 nitrogen and oxygen atoms in total. The minimum absolute atomic E-state index is 0.0172. The number of hydrogen-bond acceptors (Lipinski definition) is 5. The van der Waals surface area contributed by atoms with Crippen LogP contribution in [0.5, 0.6) is 0 Å². The summed E-state index contributed by atoms with van der Waals surface area (Å²) in [6.07, 6.45) is 3.67. The smallest absolute Gasteiger partial charge is 0.345 e. The molecule has 2 aromatic rings. The SMILES string of the molecule is CCC(NS(=O)(=O)c1ccc(C(=O)O)s1)c1ncc[nH]1. The summed E-state index contributed by atoms with van der Waals surface area (Å²) < 4.78 is 26.9. The molecule has 3 N–H and O–H groups in total. The Morgan fingerprint density at radius 1 is 1.55 bits per heavy atom. The number of carboxylic acid groups (broad SMARTS) is 1. The first-order valence-corrected chi connectivity index (χ1v) is 8.08. The summed E-state index contributed by atoms with van der Waals surface area (Å²) >= 11 is 0.717. The van der Waals surface area contributed by atoms with E-state index in [1.807, 2.05) is 6.92 Å². The zero-order chi connectivity index (χ0) is 14.8. The number of carboxylic acids is 1. The summed E-state index contributed by atoms with van der Waals surface area (Å²) in [6, 6.07) is 2.08. The molecule has 108 valence electrons. The van der Waals surface area contributed by atoms with Crippen molar-refractivity contribution < 1.29 is 18.3 Å². The number of aromatic nitrogens is 2. The van der Waals surface area contributed by atoms with Crippen LogP contribution in [0, 0.1) is 0 Å². The molecule has 0 fully saturated rings. The molecule has 0 aliphatic heterocycles. The van der Waals surface area contributed by atoms with Gasteiger partial charge < -0.3 is 10.1 Å². The van der Waals surface area contributed by atoms with Crippen molar-refractivity contribution in [3.8, 4) is 0 Å². The molecule has 0 aliphatic rings. The van der Waals surface area contributed by atoms with Crippen molar-refractivity contribution in [2.45, 2.75) is 23.6 Å². The maximum Gasteiger partial charge on any atom is 0.345 e.